The minimum Gasteiger partial charge on any atom is -0.493 e. The number of aryl methyl sites for hydroxylation is 1. The Morgan fingerprint density at radius 3 is 2.86 bits per heavy atom. The Kier molecular flexibility index (Phi) is 4.83. The van der Waals surface area contributed by atoms with Crippen molar-refractivity contribution in [3.8, 4) is 5.75 Å². The van der Waals surface area contributed by atoms with Gasteiger partial charge in [0.05, 0.1) is 19.1 Å². The van der Waals surface area contributed by atoms with Crippen LogP contribution < -0.4 is 10.1 Å². The first-order valence-corrected chi connectivity index (χ1v) is 7.19. The van der Waals surface area contributed by atoms with Crippen LogP contribution in [-0.2, 0) is 9.59 Å². The van der Waals surface area contributed by atoms with Gasteiger partial charge < -0.3 is 15.0 Å². The van der Waals surface area contributed by atoms with E-state index in [2.05, 4.69) is 5.32 Å². The molecule has 0 saturated carbocycles. The largest absolute Gasteiger partial charge is 0.493 e. The molecule has 0 bridgehead atoms. The highest BCUT2D eigenvalue weighted by atomic mass is 16.5. The average molecular weight is 290 g/mol. The molecule has 1 aliphatic rings. The van der Waals surface area contributed by atoms with E-state index in [4.69, 9.17) is 4.74 Å². The lowest BCUT2D eigenvalue weighted by Gasteiger charge is -2.13. The predicted octanol–water partition coefficient (Wildman–Crippen LogP) is 1.42. The number of nitrogens with one attached hydrogen (secondary N) is 1. The van der Waals surface area contributed by atoms with Crippen LogP contribution in [-0.4, -0.2) is 43.0 Å². The van der Waals surface area contributed by atoms with E-state index in [9.17, 15) is 9.59 Å². The van der Waals surface area contributed by atoms with Crippen LogP contribution in [0.3, 0.4) is 0 Å². The SMILES string of the molecule is Cc1cccc(OCCC(=O)N[C@@H]2CC(=O)N(C)C2)c1C. The van der Waals surface area contributed by atoms with E-state index >= 15 is 0 Å². The zero-order valence-electron chi connectivity index (χ0n) is 12.8. The van der Waals surface area contributed by atoms with Crippen molar-refractivity contribution < 1.29 is 14.3 Å². The van der Waals surface area contributed by atoms with Gasteiger partial charge in [-0.25, -0.2) is 0 Å². The number of carbonyl (C=O) groups is 2. The summed E-state index contributed by atoms with van der Waals surface area (Å²) in [6, 6.07) is 5.81. The van der Waals surface area contributed by atoms with E-state index in [0.29, 0.717) is 26.0 Å². The Balaban J connectivity index is 1.75. The maximum atomic E-state index is 11.8. The second-order valence-corrected chi connectivity index (χ2v) is 5.54. The zero-order valence-corrected chi connectivity index (χ0v) is 12.8. The van der Waals surface area contributed by atoms with E-state index in [1.54, 1.807) is 11.9 Å². The zero-order chi connectivity index (χ0) is 15.4. The Labute approximate surface area is 125 Å². The van der Waals surface area contributed by atoms with Gasteiger partial charge in [-0.3, -0.25) is 9.59 Å². The van der Waals surface area contributed by atoms with Crippen LogP contribution >= 0.6 is 0 Å². The summed E-state index contributed by atoms with van der Waals surface area (Å²) in [4.78, 5) is 24.9. The van der Waals surface area contributed by atoms with Gasteiger partial charge in [-0.2, -0.15) is 0 Å². The number of benzene rings is 1. The summed E-state index contributed by atoms with van der Waals surface area (Å²) in [5.74, 6) is 0.818. The van der Waals surface area contributed by atoms with Crippen molar-refractivity contribution in [1.82, 2.24) is 10.2 Å². The smallest absolute Gasteiger partial charge is 0.224 e. The minimum atomic E-state index is -0.0755. The first-order chi connectivity index (χ1) is 9.97. The molecule has 0 spiro atoms. The van der Waals surface area contributed by atoms with Crippen LogP contribution in [0.2, 0.25) is 0 Å². The molecule has 1 heterocycles. The quantitative estimate of drug-likeness (QED) is 0.892. The van der Waals surface area contributed by atoms with Gasteiger partial charge in [0.25, 0.3) is 0 Å². The second kappa shape index (κ2) is 6.61. The lowest BCUT2D eigenvalue weighted by Crippen LogP contribution is -2.37. The summed E-state index contributed by atoms with van der Waals surface area (Å²) in [6.45, 7) is 4.96. The minimum absolute atomic E-state index is 0.0734. The fourth-order valence-electron chi connectivity index (χ4n) is 2.39. The van der Waals surface area contributed by atoms with E-state index in [0.717, 1.165) is 11.3 Å². The first-order valence-electron chi connectivity index (χ1n) is 7.19. The van der Waals surface area contributed by atoms with Crippen LogP contribution in [0, 0.1) is 13.8 Å². The van der Waals surface area contributed by atoms with Gasteiger partial charge in [0.2, 0.25) is 11.8 Å². The van der Waals surface area contributed by atoms with Gasteiger partial charge in [0.15, 0.2) is 0 Å². The molecule has 1 N–H and O–H groups in total. The first kappa shape index (κ1) is 15.4. The molecular formula is C16H22N2O3. The van der Waals surface area contributed by atoms with Gasteiger partial charge in [0.1, 0.15) is 5.75 Å². The summed E-state index contributed by atoms with van der Waals surface area (Å²) in [5.41, 5.74) is 2.27. The number of carbonyl (C=O) groups excluding carboxylic acids is 2. The molecule has 1 aliphatic heterocycles. The fraction of sp³-hybridized carbons (Fsp3) is 0.500. The van der Waals surface area contributed by atoms with E-state index in [-0.39, 0.29) is 17.9 Å². The summed E-state index contributed by atoms with van der Waals surface area (Å²) in [7, 11) is 1.75. The highest BCUT2D eigenvalue weighted by Crippen LogP contribution is 2.20. The van der Waals surface area contributed by atoms with E-state index < -0.39 is 0 Å². The van der Waals surface area contributed by atoms with Crippen molar-refractivity contribution in [3.63, 3.8) is 0 Å². The van der Waals surface area contributed by atoms with Crippen molar-refractivity contribution in [2.45, 2.75) is 32.7 Å². The summed E-state index contributed by atoms with van der Waals surface area (Å²) >= 11 is 0. The summed E-state index contributed by atoms with van der Waals surface area (Å²) in [6.07, 6.45) is 0.682. The lowest BCUT2D eigenvalue weighted by atomic mass is 10.1. The summed E-state index contributed by atoms with van der Waals surface area (Å²) in [5, 5.41) is 2.87. The molecule has 0 unspecified atom stereocenters. The van der Waals surface area contributed by atoms with Crippen LogP contribution in [0.25, 0.3) is 0 Å². The molecule has 1 aromatic carbocycles. The molecule has 1 aromatic rings. The van der Waals surface area contributed by atoms with E-state index in [1.165, 1.54) is 5.56 Å². The molecule has 5 heteroatoms. The molecule has 1 fully saturated rings. The second-order valence-electron chi connectivity index (χ2n) is 5.54. The number of amides is 2. The Bertz CT molecular complexity index is 542. The maximum Gasteiger partial charge on any atom is 0.224 e. The molecule has 2 amide bonds. The van der Waals surface area contributed by atoms with Crippen LogP contribution in [0.15, 0.2) is 18.2 Å². The molecule has 0 radical (unpaired) electrons. The highest BCUT2D eigenvalue weighted by molar-refractivity contribution is 5.82. The van der Waals surface area contributed by atoms with Crippen LogP contribution in [0.4, 0.5) is 0 Å². The molecule has 0 aliphatic carbocycles. The Morgan fingerprint density at radius 1 is 1.43 bits per heavy atom. The van der Waals surface area contributed by atoms with E-state index in [1.807, 2.05) is 32.0 Å². The standard InChI is InChI=1S/C16H22N2O3/c1-11-5-4-6-14(12(11)2)21-8-7-15(19)17-13-9-16(20)18(3)10-13/h4-6,13H,7-10H2,1-3H3,(H,17,19)/t13-/m1/s1. The molecule has 1 saturated heterocycles. The summed E-state index contributed by atoms with van der Waals surface area (Å²) < 4.78 is 5.66. The maximum absolute atomic E-state index is 11.8. The predicted molar refractivity (Wildman–Crippen MR) is 80.2 cm³/mol. The third-order valence-electron chi connectivity index (χ3n) is 3.85. The molecule has 1 atom stereocenters. The number of likely N-dealkylation sites (N-methyl/N-ethyl adjacent to an activating group) is 1. The molecule has 21 heavy (non-hydrogen) atoms. The van der Waals surface area contributed by atoms with Crippen molar-refractivity contribution in [2.75, 3.05) is 20.2 Å². The highest BCUT2D eigenvalue weighted by Gasteiger charge is 2.27. The van der Waals surface area contributed by atoms with Gasteiger partial charge in [-0.1, -0.05) is 12.1 Å². The normalized spacial score (nSPS) is 18.0. The number of hydrogen-bond acceptors (Lipinski definition) is 3. The third kappa shape index (κ3) is 3.97. The number of likely N-dealkylation sites (tertiary alicyclic amines) is 1. The van der Waals surface area contributed by atoms with Crippen LogP contribution in [0.5, 0.6) is 5.75 Å². The molecule has 114 valence electrons. The van der Waals surface area contributed by atoms with Crippen LogP contribution in [0.1, 0.15) is 24.0 Å². The topological polar surface area (TPSA) is 58.6 Å². The fourth-order valence-corrected chi connectivity index (χ4v) is 2.39. The van der Waals surface area contributed by atoms with Gasteiger partial charge in [-0.05, 0) is 31.0 Å². The average Bonchev–Trinajstić information content (AvgIpc) is 2.73. The molecule has 5 nitrogen and oxygen atoms in total. The molecule has 0 aromatic heterocycles. The van der Waals surface area contributed by atoms with Crippen molar-refractivity contribution >= 4 is 11.8 Å². The monoisotopic (exact) mass is 290 g/mol. The number of hydrogen-bond donors (Lipinski definition) is 1. The van der Waals surface area contributed by atoms with Gasteiger partial charge in [0, 0.05) is 20.0 Å². The molecule has 2 rings (SSSR count). The lowest BCUT2D eigenvalue weighted by molar-refractivity contribution is -0.126. The Hall–Kier alpha value is -2.04. The Morgan fingerprint density at radius 2 is 2.19 bits per heavy atom. The van der Waals surface area contributed by atoms with Gasteiger partial charge >= 0.3 is 0 Å². The van der Waals surface area contributed by atoms with Crippen molar-refractivity contribution in [3.05, 3.63) is 29.3 Å². The number of ether oxygens (including phenoxy) is 1. The van der Waals surface area contributed by atoms with Gasteiger partial charge in [-0.15, -0.1) is 0 Å². The van der Waals surface area contributed by atoms with Crippen molar-refractivity contribution in [2.24, 2.45) is 0 Å². The number of nitrogens with zero attached hydrogens (tertiary/aromatic N) is 1. The molecular weight excluding hydrogens is 268 g/mol. The van der Waals surface area contributed by atoms with Crippen molar-refractivity contribution in [1.29, 1.82) is 0 Å². The number of rotatable bonds is 5. The third-order valence-corrected chi connectivity index (χ3v) is 3.85.